The lowest BCUT2D eigenvalue weighted by Crippen LogP contribution is -2.25. The Labute approximate surface area is 190 Å². The van der Waals surface area contributed by atoms with Crippen molar-refractivity contribution in [1.29, 1.82) is 0 Å². The van der Waals surface area contributed by atoms with Gasteiger partial charge in [0.25, 0.3) is 0 Å². The average molecular weight is 453 g/mol. The molecule has 9 heteroatoms. The van der Waals surface area contributed by atoms with E-state index in [1.807, 2.05) is 54.0 Å². The van der Waals surface area contributed by atoms with Crippen LogP contribution in [0.25, 0.3) is 0 Å². The SMILES string of the molecule is C=CCn1c(SC(C)C(=O)Nc2cccc(OC)c2)nnc1C1COc2ccccc2O1. The molecule has 1 aliphatic rings. The van der Waals surface area contributed by atoms with Gasteiger partial charge in [0.15, 0.2) is 28.6 Å². The summed E-state index contributed by atoms with van der Waals surface area (Å²) in [5.41, 5.74) is 0.668. The molecule has 2 aromatic carbocycles. The molecular formula is C23H24N4O4S. The highest BCUT2D eigenvalue weighted by atomic mass is 32.2. The summed E-state index contributed by atoms with van der Waals surface area (Å²) < 4.78 is 19.0. The van der Waals surface area contributed by atoms with E-state index in [9.17, 15) is 4.79 Å². The average Bonchev–Trinajstić information content (AvgIpc) is 3.21. The van der Waals surface area contributed by atoms with Gasteiger partial charge in [0.1, 0.15) is 12.4 Å². The van der Waals surface area contributed by atoms with Crippen molar-refractivity contribution < 1.29 is 19.0 Å². The Morgan fingerprint density at radius 1 is 1.31 bits per heavy atom. The first-order valence-electron chi connectivity index (χ1n) is 10.1. The minimum Gasteiger partial charge on any atom is -0.497 e. The monoisotopic (exact) mass is 452 g/mol. The van der Waals surface area contributed by atoms with E-state index in [-0.39, 0.29) is 5.91 Å². The van der Waals surface area contributed by atoms with E-state index in [2.05, 4.69) is 22.1 Å². The van der Waals surface area contributed by atoms with Crippen molar-refractivity contribution in [1.82, 2.24) is 14.8 Å². The summed E-state index contributed by atoms with van der Waals surface area (Å²) in [7, 11) is 1.59. The molecule has 166 valence electrons. The van der Waals surface area contributed by atoms with Crippen LogP contribution in [0.3, 0.4) is 0 Å². The Balaban J connectivity index is 1.48. The Morgan fingerprint density at radius 2 is 2.12 bits per heavy atom. The highest BCUT2D eigenvalue weighted by Crippen LogP contribution is 2.36. The quantitative estimate of drug-likeness (QED) is 0.407. The van der Waals surface area contributed by atoms with Crippen molar-refractivity contribution in [3.63, 3.8) is 0 Å². The lowest BCUT2D eigenvalue weighted by molar-refractivity contribution is -0.115. The molecule has 2 atom stereocenters. The van der Waals surface area contributed by atoms with Crippen LogP contribution in [0.5, 0.6) is 17.2 Å². The zero-order valence-electron chi connectivity index (χ0n) is 17.9. The molecule has 0 spiro atoms. The molecule has 2 heterocycles. The van der Waals surface area contributed by atoms with Gasteiger partial charge < -0.3 is 19.5 Å². The second-order valence-electron chi connectivity index (χ2n) is 7.09. The highest BCUT2D eigenvalue weighted by molar-refractivity contribution is 8.00. The van der Waals surface area contributed by atoms with E-state index >= 15 is 0 Å². The van der Waals surface area contributed by atoms with Gasteiger partial charge in [-0.2, -0.15) is 0 Å². The topological polar surface area (TPSA) is 87.5 Å². The number of carbonyl (C=O) groups is 1. The predicted octanol–water partition coefficient (Wildman–Crippen LogP) is 4.10. The van der Waals surface area contributed by atoms with Crippen LogP contribution in [-0.4, -0.2) is 39.6 Å². The molecule has 1 aromatic heterocycles. The van der Waals surface area contributed by atoms with Crippen molar-refractivity contribution in [3.8, 4) is 17.2 Å². The smallest absolute Gasteiger partial charge is 0.237 e. The lowest BCUT2D eigenvalue weighted by atomic mass is 10.2. The standard InChI is InChI=1S/C23H24N4O4S/c1-4-12-27-21(20-14-30-18-10-5-6-11-19(18)31-20)25-26-23(27)32-15(2)22(28)24-16-8-7-9-17(13-16)29-3/h4-11,13,15,20H,1,12,14H2,2-3H3,(H,24,28). The molecule has 3 aromatic rings. The lowest BCUT2D eigenvalue weighted by Gasteiger charge is -2.26. The normalized spacial score (nSPS) is 15.6. The van der Waals surface area contributed by atoms with Crippen molar-refractivity contribution in [2.75, 3.05) is 19.0 Å². The molecule has 4 rings (SSSR count). The van der Waals surface area contributed by atoms with Crippen LogP contribution in [0.2, 0.25) is 0 Å². The maximum atomic E-state index is 12.7. The van der Waals surface area contributed by atoms with Gasteiger partial charge in [0.05, 0.1) is 12.4 Å². The number of amides is 1. The van der Waals surface area contributed by atoms with E-state index in [1.165, 1.54) is 11.8 Å². The van der Waals surface area contributed by atoms with Gasteiger partial charge in [-0.25, -0.2) is 0 Å². The number of hydrogen-bond donors (Lipinski definition) is 1. The molecule has 0 aliphatic carbocycles. The number of aromatic nitrogens is 3. The van der Waals surface area contributed by atoms with E-state index in [1.54, 1.807) is 19.3 Å². The number of hydrogen-bond acceptors (Lipinski definition) is 7. The number of thioether (sulfide) groups is 1. The largest absolute Gasteiger partial charge is 0.497 e. The molecule has 32 heavy (non-hydrogen) atoms. The zero-order chi connectivity index (χ0) is 22.5. The molecule has 0 bridgehead atoms. The van der Waals surface area contributed by atoms with Crippen LogP contribution in [-0.2, 0) is 11.3 Å². The highest BCUT2D eigenvalue weighted by Gasteiger charge is 2.29. The molecule has 0 radical (unpaired) electrons. The number of anilines is 1. The molecule has 2 unspecified atom stereocenters. The summed E-state index contributed by atoms with van der Waals surface area (Å²) in [5, 5.41) is 11.8. The van der Waals surface area contributed by atoms with Crippen LogP contribution in [0.1, 0.15) is 18.9 Å². The number of carbonyl (C=O) groups excluding carboxylic acids is 1. The first-order valence-corrected chi connectivity index (χ1v) is 11.0. The van der Waals surface area contributed by atoms with Crippen molar-refractivity contribution in [2.45, 2.75) is 30.0 Å². The number of methoxy groups -OCH3 is 1. The first kappa shape index (κ1) is 21.8. The summed E-state index contributed by atoms with van der Waals surface area (Å²) in [4.78, 5) is 12.7. The Morgan fingerprint density at radius 3 is 2.91 bits per heavy atom. The molecule has 0 saturated carbocycles. The Hall–Kier alpha value is -3.46. The number of allylic oxidation sites excluding steroid dienone is 1. The van der Waals surface area contributed by atoms with E-state index in [4.69, 9.17) is 14.2 Å². The fourth-order valence-corrected chi connectivity index (χ4v) is 4.09. The summed E-state index contributed by atoms with van der Waals surface area (Å²) in [6, 6.07) is 14.7. The van der Waals surface area contributed by atoms with Gasteiger partial charge in [-0.3, -0.25) is 9.36 Å². The minimum absolute atomic E-state index is 0.149. The van der Waals surface area contributed by atoms with E-state index in [0.29, 0.717) is 47.1 Å². The van der Waals surface area contributed by atoms with E-state index in [0.717, 1.165) is 0 Å². The number of para-hydroxylation sites is 2. The molecule has 1 aliphatic heterocycles. The van der Waals surface area contributed by atoms with Crippen LogP contribution in [0.4, 0.5) is 5.69 Å². The molecule has 8 nitrogen and oxygen atoms in total. The number of fused-ring (bicyclic) bond motifs is 1. The second kappa shape index (κ2) is 9.78. The van der Waals surface area contributed by atoms with Crippen LogP contribution < -0.4 is 19.5 Å². The molecule has 0 fully saturated rings. The zero-order valence-corrected chi connectivity index (χ0v) is 18.7. The predicted molar refractivity (Wildman–Crippen MR) is 122 cm³/mol. The summed E-state index contributed by atoms with van der Waals surface area (Å²) in [6.45, 7) is 6.46. The van der Waals surface area contributed by atoms with Crippen LogP contribution in [0.15, 0.2) is 66.3 Å². The minimum atomic E-state index is -0.411. The van der Waals surface area contributed by atoms with Gasteiger partial charge in [0.2, 0.25) is 5.91 Å². The molecule has 0 saturated heterocycles. The van der Waals surface area contributed by atoms with Crippen molar-refractivity contribution in [2.24, 2.45) is 0 Å². The fourth-order valence-electron chi connectivity index (χ4n) is 3.23. The van der Waals surface area contributed by atoms with Crippen LogP contribution >= 0.6 is 11.8 Å². The summed E-state index contributed by atoms with van der Waals surface area (Å²) >= 11 is 1.32. The van der Waals surface area contributed by atoms with Gasteiger partial charge >= 0.3 is 0 Å². The number of nitrogens with one attached hydrogen (secondary N) is 1. The number of nitrogens with zero attached hydrogens (tertiary/aromatic N) is 3. The number of benzene rings is 2. The van der Waals surface area contributed by atoms with Gasteiger partial charge in [-0.1, -0.05) is 36.0 Å². The third-order valence-corrected chi connectivity index (χ3v) is 5.92. The van der Waals surface area contributed by atoms with Gasteiger partial charge in [-0.15, -0.1) is 16.8 Å². The Kier molecular flexibility index (Phi) is 6.65. The maximum absolute atomic E-state index is 12.7. The number of rotatable bonds is 8. The van der Waals surface area contributed by atoms with Crippen LogP contribution in [0, 0.1) is 0 Å². The molecule has 1 N–H and O–H groups in total. The molecule has 1 amide bonds. The van der Waals surface area contributed by atoms with Gasteiger partial charge in [-0.05, 0) is 31.2 Å². The van der Waals surface area contributed by atoms with Crippen molar-refractivity contribution >= 4 is 23.4 Å². The first-order chi connectivity index (χ1) is 15.6. The number of ether oxygens (including phenoxy) is 3. The maximum Gasteiger partial charge on any atom is 0.237 e. The second-order valence-corrected chi connectivity index (χ2v) is 8.39. The third kappa shape index (κ3) is 4.72. The summed E-state index contributed by atoms with van der Waals surface area (Å²) in [6.07, 6.45) is 1.35. The summed E-state index contributed by atoms with van der Waals surface area (Å²) in [5.74, 6) is 2.52. The third-order valence-electron chi connectivity index (χ3n) is 4.84. The van der Waals surface area contributed by atoms with Gasteiger partial charge in [0, 0.05) is 18.3 Å². The Bertz CT molecular complexity index is 1120. The van der Waals surface area contributed by atoms with E-state index < -0.39 is 11.4 Å². The molecular weight excluding hydrogens is 428 g/mol. The van der Waals surface area contributed by atoms with Crippen molar-refractivity contribution in [3.05, 3.63) is 67.0 Å². The fraction of sp³-hybridized carbons (Fsp3) is 0.261.